The summed E-state index contributed by atoms with van der Waals surface area (Å²) in [5, 5.41) is 3.52. The lowest BCUT2D eigenvalue weighted by molar-refractivity contribution is 0.0852. The minimum Gasteiger partial charge on any atom is -0.497 e. The first-order valence-corrected chi connectivity index (χ1v) is 6.01. The highest BCUT2D eigenvalue weighted by atomic mass is 16.5. The third-order valence-corrected chi connectivity index (χ3v) is 3.20. The maximum Gasteiger partial charge on any atom is 0.118 e. The van der Waals surface area contributed by atoms with Gasteiger partial charge in [0.05, 0.1) is 13.2 Å². The van der Waals surface area contributed by atoms with Gasteiger partial charge in [-0.25, -0.2) is 0 Å². The Morgan fingerprint density at radius 1 is 1.00 bits per heavy atom. The molecule has 3 heteroatoms. The number of rotatable bonds is 6. The molecule has 1 aromatic rings. The van der Waals surface area contributed by atoms with Crippen LogP contribution in [0.3, 0.4) is 0 Å². The fraction of sp³-hybridized carbons (Fsp3) is 0.571. The van der Waals surface area contributed by atoms with Crippen molar-refractivity contribution in [2.75, 3.05) is 14.2 Å². The standard InChI is InChI=1S/C14H23NO2/c1-10(12(3)16-4)15-11(2)13-6-8-14(17-5)9-7-13/h6-12,15H,1-5H3/t10?,11-,12?/m0/s1. The average Bonchev–Trinajstić information content (AvgIpc) is 2.37. The summed E-state index contributed by atoms with van der Waals surface area (Å²) in [6, 6.07) is 8.75. The number of hydrogen-bond acceptors (Lipinski definition) is 3. The second kappa shape index (κ2) is 6.62. The van der Waals surface area contributed by atoms with Crippen LogP contribution >= 0.6 is 0 Å². The van der Waals surface area contributed by atoms with Gasteiger partial charge >= 0.3 is 0 Å². The van der Waals surface area contributed by atoms with Gasteiger partial charge in [0.2, 0.25) is 0 Å². The van der Waals surface area contributed by atoms with E-state index >= 15 is 0 Å². The minimum absolute atomic E-state index is 0.204. The summed E-state index contributed by atoms with van der Waals surface area (Å²) in [6.07, 6.45) is 0.204. The zero-order valence-electron chi connectivity index (χ0n) is 11.4. The lowest BCUT2D eigenvalue weighted by Crippen LogP contribution is -2.38. The van der Waals surface area contributed by atoms with Crippen molar-refractivity contribution in [1.82, 2.24) is 5.32 Å². The van der Waals surface area contributed by atoms with Gasteiger partial charge < -0.3 is 14.8 Å². The first kappa shape index (κ1) is 14.0. The van der Waals surface area contributed by atoms with Gasteiger partial charge in [-0.15, -0.1) is 0 Å². The molecule has 3 nitrogen and oxygen atoms in total. The first-order chi connectivity index (χ1) is 8.08. The first-order valence-electron chi connectivity index (χ1n) is 6.01. The normalized spacial score (nSPS) is 16.3. The molecule has 1 aromatic carbocycles. The van der Waals surface area contributed by atoms with Crippen molar-refractivity contribution >= 4 is 0 Å². The molecule has 3 atom stereocenters. The van der Waals surface area contributed by atoms with Crippen molar-refractivity contribution in [3.05, 3.63) is 29.8 Å². The van der Waals surface area contributed by atoms with Gasteiger partial charge in [-0.1, -0.05) is 12.1 Å². The van der Waals surface area contributed by atoms with Gasteiger partial charge in [0, 0.05) is 19.2 Å². The topological polar surface area (TPSA) is 30.5 Å². The Hall–Kier alpha value is -1.06. The largest absolute Gasteiger partial charge is 0.497 e. The Balaban J connectivity index is 2.59. The molecule has 1 rings (SSSR count). The van der Waals surface area contributed by atoms with E-state index in [0.717, 1.165) is 5.75 Å². The van der Waals surface area contributed by atoms with Crippen LogP contribution in [0.4, 0.5) is 0 Å². The smallest absolute Gasteiger partial charge is 0.118 e. The van der Waals surface area contributed by atoms with E-state index in [2.05, 4.69) is 38.2 Å². The summed E-state index contributed by atoms with van der Waals surface area (Å²) in [7, 11) is 3.42. The molecule has 1 N–H and O–H groups in total. The van der Waals surface area contributed by atoms with Crippen LogP contribution in [-0.2, 0) is 4.74 Å². The third kappa shape index (κ3) is 4.02. The van der Waals surface area contributed by atoms with Crippen molar-refractivity contribution in [3.63, 3.8) is 0 Å². The number of ether oxygens (including phenoxy) is 2. The van der Waals surface area contributed by atoms with Crippen LogP contribution in [0, 0.1) is 0 Å². The van der Waals surface area contributed by atoms with Gasteiger partial charge in [-0.05, 0) is 38.5 Å². The molecule has 0 saturated heterocycles. The van der Waals surface area contributed by atoms with E-state index in [-0.39, 0.29) is 6.10 Å². The van der Waals surface area contributed by atoms with E-state index in [1.165, 1.54) is 5.56 Å². The second-order valence-corrected chi connectivity index (χ2v) is 4.39. The predicted octanol–water partition coefficient (Wildman–Crippen LogP) is 2.77. The van der Waals surface area contributed by atoms with Crippen molar-refractivity contribution in [2.24, 2.45) is 0 Å². The van der Waals surface area contributed by atoms with Crippen LogP contribution in [0.25, 0.3) is 0 Å². The molecule has 17 heavy (non-hydrogen) atoms. The zero-order valence-corrected chi connectivity index (χ0v) is 11.4. The van der Waals surface area contributed by atoms with E-state index < -0.39 is 0 Å². The molecule has 0 saturated carbocycles. The molecule has 0 aliphatic rings. The predicted molar refractivity (Wildman–Crippen MR) is 70.5 cm³/mol. The highest BCUT2D eigenvalue weighted by molar-refractivity contribution is 5.28. The van der Waals surface area contributed by atoms with Crippen LogP contribution in [0.15, 0.2) is 24.3 Å². The summed E-state index contributed by atoms with van der Waals surface area (Å²) in [5.74, 6) is 0.888. The Kier molecular flexibility index (Phi) is 5.45. The Morgan fingerprint density at radius 3 is 2.06 bits per heavy atom. The Morgan fingerprint density at radius 2 is 1.59 bits per heavy atom. The van der Waals surface area contributed by atoms with Gasteiger partial charge in [0.1, 0.15) is 5.75 Å². The summed E-state index contributed by atoms with van der Waals surface area (Å²) in [6.45, 7) is 6.35. The lowest BCUT2D eigenvalue weighted by atomic mass is 10.1. The quantitative estimate of drug-likeness (QED) is 0.825. The highest BCUT2D eigenvalue weighted by Gasteiger charge is 2.14. The maximum atomic E-state index is 5.30. The van der Waals surface area contributed by atoms with E-state index in [4.69, 9.17) is 9.47 Å². The molecule has 0 fully saturated rings. The number of methoxy groups -OCH3 is 2. The molecule has 0 aromatic heterocycles. The van der Waals surface area contributed by atoms with E-state index in [9.17, 15) is 0 Å². The zero-order chi connectivity index (χ0) is 12.8. The second-order valence-electron chi connectivity index (χ2n) is 4.39. The summed E-state index contributed by atoms with van der Waals surface area (Å²) < 4.78 is 10.4. The molecule has 2 unspecified atom stereocenters. The lowest BCUT2D eigenvalue weighted by Gasteiger charge is -2.24. The van der Waals surface area contributed by atoms with Crippen molar-refractivity contribution in [1.29, 1.82) is 0 Å². The minimum atomic E-state index is 0.204. The van der Waals surface area contributed by atoms with E-state index in [1.807, 2.05) is 12.1 Å². The summed E-state index contributed by atoms with van der Waals surface area (Å²) >= 11 is 0. The molecule has 0 radical (unpaired) electrons. The number of hydrogen-bond donors (Lipinski definition) is 1. The molecular weight excluding hydrogens is 214 g/mol. The summed E-state index contributed by atoms with van der Waals surface area (Å²) in [5.41, 5.74) is 1.25. The number of benzene rings is 1. The molecule has 0 spiro atoms. The van der Waals surface area contributed by atoms with Crippen molar-refractivity contribution in [2.45, 2.75) is 39.0 Å². The van der Waals surface area contributed by atoms with Crippen LogP contribution in [0.5, 0.6) is 5.75 Å². The summed E-state index contributed by atoms with van der Waals surface area (Å²) in [4.78, 5) is 0. The van der Waals surface area contributed by atoms with E-state index in [1.54, 1.807) is 14.2 Å². The van der Waals surface area contributed by atoms with Crippen LogP contribution in [0.2, 0.25) is 0 Å². The molecule has 96 valence electrons. The molecule has 0 aliphatic carbocycles. The fourth-order valence-electron chi connectivity index (χ4n) is 1.72. The monoisotopic (exact) mass is 237 g/mol. The van der Waals surface area contributed by atoms with Crippen LogP contribution in [-0.4, -0.2) is 26.4 Å². The average molecular weight is 237 g/mol. The van der Waals surface area contributed by atoms with Crippen molar-refractivity contribution < 1.29 is 9.47 Å². The Labute approximate surface area is 104 Å². The van der Waals surface area contributed by atoms with Gasteiger partial charge in [0.15, 0.2) is 0 Å². The third-order valence-electron chi connectivity index (χ3n) is 3.20. The molecule has 0 amide bonds. The van der Waals surface area contributed by atoms with Gasteiger partial charge in [-0.2, -0.15) is 0 Å². The maximum absolute atomic E-state index is 5.30. The van der Waals surface area contributed by atoms with E-state index in [0.29, 0.717) is 12.1 Å². The highest BCUT2D eigenvalue weighted by Crippen LogP contribution is 2.18. The van der Waals surface area contributed by atoms with Gasteiger partial charge in [0.25, 0.3) is 0 Å². The Bertz CT molecular complexity index is 323. The van der Waals surface area contributed by atoms with Gasteiger partial charge in [-0.3, -0.25) is 0 Å². The fourth-order valence-corrected chi connectivity index (χ4v) is 1.72. The SMILES string of the molecule is COc1ccc([C@H](C)NC(C)C(C)OC)cc1. The molecule has 0 bridgehead atoms. The molecule has 0 heterocycles. The van der Waals surface area contributed by atoms with Crippen LogP contribution in [0.1, 0.15) is 32.4 Å². The number of nitrogens with one attached hydrogen (secondary N) is 1. The van der Waals surface area contributed by atoms with Crippen molar-refractivity contribution in [3.8, 4) is 5.75 Å². The van der Waals surface area contributed by atoms with Crippen LogP contribution < -0.4 is 10.1 Å². The molecule has 0 aliphatic heterocycles. The molecular formula is C14H23NO2.